The van der Waals surface area contributed by atoms with Crippen molar-refractivity contribution in [2.24, 2.45) is 0 Å². The van der Waals surface area contributed by atoms with Gasteiger partial charge in [-0.15, -0.1) is 16.4 Å². The van der Waals surface area contributed by atoms with Gasteiger partial charge in [-0.05, 0) is 110 Å². The quantitative estimate of drug-likeness (QED) is 0.161. The van der Waals surface area contributed by atoms with E-state index in [0.717, 1.165) is 99.5 Å². The minimum absolute atomic E-state index is 0.147. The molecule has 10 heteroatoms. The van der Waals surface area contributed by atoms with Gasteiger partial charge < -0.3 is 9.13 Å². The summed E-state index contributed by atoms with van der Waals surface area (Å²) in [5.41, 5.74) is 16.7. The third kappa shape index (κ3) is 6.83. The van der Waals surface area contributed by atoms with Crippen LogP contribution in [-0.4, -0.2) is 71.9 Å². The van der Waals surface area contributed by atoms with Gasteiger partial charge in [0.1, 0.15) is 62.8 Å². The number of benzene rings is 10. The summed E-state index contributed by atoms with van der Waals surface area (Å²) in [6.45, 7) is 0. The second-order valence-corrected chi connectivity index (χ2v) is 17.8. The number of rotatable bonds is 7. The van der Waals surface area contributed by atoms with Crippen LogP contribution in [0.5, 0.6) is 0 Å². The second kappa shape index (κ2) is 17.1. The molecule has 2 nitrogen and oxygen atoms in total. The van der Waals surface area contributed by atoms with Gasteiger partial charge in [-0.1, -0.05) is 167 Å². The average Bonchev–Trinajstić information content (AvgIpc) is 3.94. The van der Waals surface area contributed by atoms with Crippen molar-refractivity contribution in [3.8, 4) is 67.0 Å². The van der Waals surface area contributed by atoms with Crippen LogP contribution in [-0.2, 0) is 0 Å². The van der Waals surface area contributed by atoms with E-state index in [0.29, 0.717) is 27.5 Å². The van der Waals surface area contributed by atoms with Gasteiger partial charge in [0, 0.05) is 38.4 Å². The monoisotopic (exact) mass is 868 g/mol. The first-order valence-electron chi connectivity index (χ1n) is 23.0. The Morgan fingerprint density at radius 2 is 0.757 bits per heavy atom. The van der Waals surface area contributed by atoms with Gasteiger partial charge in [-0.25, -0.2) is 0 Å². The van der Waals surface area contributed by atoms with Gasteiger partial charge >= 0.3 is 0 Å². The molecule has 2 aromatic heterocycles. The van der Waals surface area contributed by atoms with Crippen LogP contribution in [0.15, 0.2) is 194 Å². The van der Waals surface area contributed by atoms with E-state index < -0.39 is 0 Å². The lowest BCUT2D eigenvalue weighted by molar-refractivity contribution is 1.18. The van der Waals surface area contributed by atoms with E-state index in [-0.39, 0.29) is 27.3 Å². The molecular weight excluding hydrogens is 835 g/mol. The summed E-state index contributed by atoms with van der Waals surface area (Å²) >= 11 is 0. The Balaban J connectivity index is 1.13. The van der Waals surface area contributed by atoms with Gasteiger partial charge in [0.05, 0.1) is 16.6 Å². The first-order valence-corrected chi connectivity index (χ1v) is 23.0. The first-order chi connectivity index (χ1) is 34.1. The van der Waals surface area contributed by atoms with Gasteiger partial charge in [0.15, 0.2) is 0 Å². The van der Waals surface area contributed by atoms with Gasteiger partial charge in [0.2, 0.25) is 0 Å². The van der Waals surface area contributed by atoms with E-state index in [4.69, 9.17) is 62.8 Å². The van der Waals surface area contributed by atoms with Crippen molar-refractivity contribution in [3.05, 3.63) is 194 Å². The fraction of sp³-hybridized carbons (Fsp3) is 0. The molecule has 12 rings (SSSR count). The Kier molecular flexibility index (Phi) is 10.6. The SMILES string of the molecule is [B]c1c([B])c([B])c(-c2cccc3c2c2cc(-c4c([B])c([B])c5c(c4[B])c4ccccc4n5-c4cc(-c5ccccc5)cc(-c5ccccc5)c4)ccc2n3-c2cccc(-c3ccccc3)c2)c([B])c1[B]. The Labute approximate surface area is 418 Å². The Bertz CT molecular complexity index is 4000. The molecule has 306 valence electrons. The Morgan fingerprint density at radius 1 is 0.257 bits per heavy atom. The van der Waals surface area contributed by atoms with E-state index in [1.165, 1.54) is 0 Å². The molecule has 70 heavy (non-hydrogen) atoms. The molecular formula is C60H32B8N2. The minimum Gasteiger partial charge on any atom is -0.310 e. The fourth-order valence-electron chi connectivity index (χ4n) is 10.5. The first kappa shape index (κ1) is 43.6. The fourth-order valence-corrected chi connectivity index (χ4v) is 10.5. The van der Waals surface area contributed by atoms with Gasteiger partial charge in [-0.3, -0.25) is 0 Å². The topological polar surface area (TPSA) is 9.86 Å². The third-order valence-corrected chi connectivity index (χ3v) is 13.9. The van der Waals surface area contributed by atoms with Crippen molar-refractivity contribution in [1.29, 1.82) is 0 Å². The standard InChI is InChI=1S/C60H32B8N2/c61-52-48(53(62)59(68)60-51(52)42-22-10-11-24-45(42)70(60)41-30-38(34-16-6-2-7-17-34)28-39(31-41)35-18-8-3-9-19-35)37-26-27-46-44(32-37)49-43(50-54(63)56(65)58(67)57(66)55(50)64)23-13-25-47(49)69(46)40-21-12-20-36(29-40)33-14-4-1-5-15-33/h1-32H. The molecule has 0 bridgehead atoms. The Morgan fingerprint density at radius 3 is 1.40 bits per heavy atom. The summed E-state index contributed by atoms with van der Waals surface area (Å²) in [6, 6.07) is 66.8. The molecule has 0 aliphatic rings. The number of hydrogen-bond acceptors (Lipinski definition) is 0. The van der Waals surface area contributed by atoms with Gasteiger partial charge in [0.25, 0.3) is 0 Å². The average molecular weight is 867 g/mol. The highest BCUT2D eigenvalue weighted by Crippen LogP contribution is 2.41. The molecule has 0 aliphatic carbocycles. The zero-order valence-corrected chi connectivity index (χ0v) is 38.0. The number of nitrogens with zero attached hydrogens (tertiary/aromatic N) is 2. The summed E-state index contributed by atoms with van der Waals surface area (Å²) < 4.78 is 4.44. The van der Waals surface area contributed by atoms with Crippen LogP contribution in [0.25, 0.3) is 111 Å². The zero-order chi connectivity index (χ0) is 47.9. The van der Waals surface area contributed by atoms with Crippen LogP contribution < -0.4 is 43.7 Å². The lowest BCUT2D eigenvalue weighted by atomic mass is 9.59. The largest absolute Gasteiger partial charge is 0.310 e. The molecule has 0 N–H and O–H groups in total. The van der Waals surface area contributed by atoms with Gasteiger partial charge in [-0.2, -0.15) is 0 Å². The van der Waals surface area contributed by atoms with Crippen LogP contribution >= 0.6 is 0 Å². The molecule has 0 fully saturated rings. The maximum atomic E-state index is 7.53. The van der Waals surface area contributed by atoms with Crippen molar-refractivity contribution in [3.63, 3.8) is 0 Å². The predicted molar refractivity (Wildman–Crippen MR) is 305 cm³/mol. The number of aromatic nitrogens is 2. The molecule has 0 unspecified atom stereocenters. The number of hydrogen-bond donors (Lipinski definition) is 0. The highest BCUT2D eigenvalue weighted by molar-refractivity contribution is 6.69. The maximum absolute atomic E-state index is 7.53. The summed E-state index contributed by atoms with van der Waals surface area (Å²) in [5.74, 6) is 0. The molecule has 0 amide bonds. The molecule has 0 saturated heterocycles. The minimum atomic E-state index is 0.147. The molecule has 0 aliphatic heterocycles. The van der Waals surface area contributed by atoms with Crippen LogP contribution in [0.1, 0.15) is 0 Å². The van der Waals surface area contributed by atoms with E-state index in [2.05, 4.69) is 149 Å². The van der Waals surface area contributed by atoms with Crippen LogP contribution in [0.4, 0.5) is 0 Å². The summed E-state index contributed by atoms with van der Waals surface area (Å²) in [4.78, 5) is 0. The summed E-state index contributed by atoms with van der Waals surface area (Å²) in [5, 5.41) is 3.49. The molecule has 10 aromatic carbocycles. The molecule has 0 spiro atoms. The van der Waals surface area contributed by atoms with Crippen LogP contribution in [0.2, 0.25) is 0 Å². The van der Waals surface area contributed by atoms with E-state index in [9.17, 15) is 0 Å². The lowest BCUT2D eigenvalue weighted by Gasteiger charge is -2.22. The molecule has 0 atom stereocenters. The van der Waals surface area contributed by atoms with E-state index >= 15 is 0 Å². The lowest BCUT2D eigenvalue weighted by Crippen LogP contribution is -2.55. The van der Waals surface area contributed by atoms with E-state index in [1.807, 2.05) is 54.6 Å². The molecule has 16 radical (unpaired) electrons. The smallest absolute Gasteiger partial charge is 0.115 e. The normalized spacial score (nSPS) is 11.6. The van der Waals surface area contributed by atoms with E-state index in [1.54, 1.807) is 0 Å². The summed E-state index contributed by atoms with van der Waals surface area (Å²) in [7, 11) is 55.2. The number of para-hydroxylation sites is 1. The zero-order valence-electron chi connectivity index (χ0n) is 38.0. The van der Waals surface area contributed by atoms with Crippen molar-refractivity contribution in [2.45, 2.75) is 0 Å². The van der Waals surface area contributed by atoms with Crippen LogP contribution in [0, 0.1) is 0 Å². The Hall–Kier alpha value is -7.68. The van der Waals surface area contributed by atoms with Crippen LogP contribution in [0.3, 0.4) is 0 Å². The third-order valence-electron chi connectivity index (χ3n) is 13.9. The number of fused-ring (bicyclic) bond motifs is 6. The molecule has 0 saturated carbocycles. The predicted octanol–water partition coefficient (Wildman–Crippen LogP) is 6.57. The summed E-state index contributed by atoms with van der Waals surface area (Å²) in [6.07, 6.45) is 0. The molecule has 12 aromatic rings. The second-order valence-electron chi connectivity index (χ2n) is 17.8. The maximum Gasteiger partial charge on any atom is 0.115 e. The highest BCUT2D eigenvalue weighted by Gasteiger charge is 2.24. The highest BCUT2D eigenvalue weighted by atomic mass is 15.0. The molecule has 2 heterocycles. The van der Waals surface area contributed by atoms with Crippen molar-refractivity contribution in [1.82, 2.24) is 9.13 Å². The van der Waals surface area contributed by atoms with Crippen molar-refractivity contribution in [2.75, 3.05) is 0 Å². The van der Waals surface area contributed by atoms with Crippen molar-refractivity contribution < 1.29 is 0 Å². The van der Waals surface area contributed by atoms with Crippen molar-refractivity contribution >= 4 is 150 Å².